The summed E-state index contributed by atoms with van der Waals surface area (Å²) in [4.78, 5) is 12.2. The second-order valence-electron chi connectivity index (χ2n) is 5.00. The lowest BCUT2D eigenvalue weighted by Gasteiger charge is -2.16. The van der Waals surface area contributed by atoms with Crippen LogP contribution in [0.15, 0.2) is 42.5 Å². The van der Waals surface area contributed by atoms with Gasteiger partial charge in [-0.05, 0) is 49.7 Å². The molecule has 1 atom stereocenters. The van der Waals surface area contributed by atoms with Gasteiger partial charge in [-0.15, -0.1) is 0 Å². The summed E-state index contributed by atoms with van der Waals surface area (Å²) in [7, 11) is 1.58. The fourth-order valence-electron chi connectivity index (χ4n) is 1.99. The van der Waals surface area contributed by atoms with Crippen LogP contribution in [0.2, 0.25) is 0 Å². The first-order chi connectivity index (χ1) is 10.5. The zero-order valence-corrected chi connectivity index (χ0v) is 12.9. The Bertz CT molecular complexity index is 671. The van der Waals surface area contributed by atoms with Crippen LogP contribution in [0.3, 0.4) is 0 Å². The SMILES string of the molecule is COc1cccc(OC(C)C(=O)Nc2ccc(N)cc2C)c1. The van der Waals surface area contributed by atoms with E-state index >= 15 is 0 Å². The maximum absolute atomic E-state index is 12.2. The fraction of sp³-hybridized carbons (Fsp3) is 0.235. The van der Waals surface area contributed by atoms with E-state index in [-0.39, 0.29) is 5.91 Å². The van der Waals surface area contributed by atoms with E-state index in [1.165, 1.54) is 0 Å². The molecule has 0 bridgehead atoms. The molecule has 3 N–H and O–H groups in total. The van der Waals surface area contributed by atoms with Gasteiger partial charge < -0.3 is 20.5 Å². The molecule has 22 heavy (non-hydrogen) atoms. The van der Waals surface area contributed by atoms with Crippen molar-refractivity contribution in [3.63, 3.8) is 0 Å². The molecule has 1 unspecified atom stereocenters. The summed E-state index contributed by atoms with van der Waals surface area (Å²) in [5.41, 5.74) is 7.99. The molecule has 0 aliphatic heterocycles. The van der Waals surface area contributed by atoms with E-state index in [4.69, 9.17) is 15.2 Å². The Morgan fingerprint density at radius 2 is 1.91 bits per heavy atom. The van der Waals surface area contributed by atoms with Crippen LogP contribution in [0.25, 0.3) is 0 Å². The normalized spacial score (nSPS) is 11.6. The van der Waals surface area contributed by atoms with Gasteiger partial charge in [-0.25, -0.2) is 0 Å². The summed E-state index contributed by atoms with van der Waals surface area (Å²) >= 11 is 0. The highest BCUT2D eigenvalue weighted by atomic mass is 16.5. The van der Waals surface area contributed by atoms with E-state index in [1.54, 1.807) is 38.3 Å². The van der Waals surface area contributed by atoms with Gasteiger partial charge in [0.15, 0.2) is 6.10 Å². The number of anilines is 2. The Labute approximate surface area is 130 Å². The van der Waals surface area contributed by atoms with E-state index in [0.717, 1.165) is 11.3 Å². The van der Waals surface area contributed by atoms with Crippen molar-refractivity contribution in [1.29, 1.82) is 0 Å². The molecule has 5 heteroatoms. The standard InChI is InChI=1S/C17H20N2O3/c1-11-9-13(18)7-8-16(11)19-17(20)12(2)22-15-6-4-5-14(10-15)21-3/h4-10,12H,18H2,1-3H3,(H,19,20). The molecule has 2 aromatic carbocycles. The fourth-order valence-corrected chi connectivity index (χ4v) is 1.99. The van der Waals surface area contributed by atoms with Crippen molar-refractivity contribution < 1.29 is 14.3 Å². The van der Waals surface area contributed by atoms with Crippen LogP contribution in [0.5, 0.6) is 11.5 Å². The van der Waals surface area contributed by atoms with Crippen LogP contribution in [0, 0.1) is 6.92 Å². The number of nitrogen functional groups attached to an aromatic ring is 1. The third kappa shape index (κ3) is 3.91. The maximum atomic E-state index is 12.2. The summed E-state index contributed by atoms with van der Waals surface area (Å²) in [6.45, 7) is 3.58. The summed E-state index contributed by atoms with van der Waals surface area (Å²) in [5, 5.41) is 2.84. The first kappa shape index (κ1) is 15.7. The lowest BCUT2D eigenvalue weighted by Crippen LogP contribution is -2.30. The van der Waals surface area contributed by atoms with Gasteiger partial charge >= 0.3 is 0 Å². The lowest BCUT2D eigenvalue weighted by molar-refractivity contribution is -0.122. The molecule has 0 saturated heterocycles. The number of nitrogens with one attached hydrogen (secondary N) is 1. The van der Waals surface area contributed by atoms with E-state index in [2.05, 4.69) is 5.32 Å². The number of carbonyl (C=O) groups excluding carboxylic acids is 1. The van der Waals surface area contributed by atoms with Crippen molar-refractivity contribution >= 4 is 17.3 Å². The second-order valence-corrected chi connectivity index (χ2v) is 5.00. The van der Waals surface area contributed by atoms with Crippen molar-refractivity contribution in [2.45, 2.75) is 20.0 Å². The molecule has 1 amide bonds. The highest BCUT2D eigenvalue weighted by Gasteiger charge is 2.16. The molecule has 0 aromatic heterocycles. The van der Waals surface area contributed by atoms with E-state index in [1.807, 2.05) is 25.1 Å². The van der Waals surface area contributed by atoms with Gasteiger partial charge in [0.2, 0.25) is 0 Å². The predicted octanol–water partition coefficient (Wildman–Crippen LogP) is 2.99. The number of amides is 1. The quantitative estimate of drug-likeness (QED) is 0.833. The molecule has 0 radical (unpaired) electrons. The number of nitrogens with two attached hydrogens (primary N) is 1. The minimum absolute atomic E-state index is 0.226. The number of rotatable bonds is 5. The van der Waals surface area contributed by atoms with Gasteiger partial charge in [0, 0.05) is 17.4 Å². The minimum atomic E-state index is -0.635. The number of ether oxygens (including phenoxy) is 2. The average molecular weight is 300 g/mol. The molecule has 2 rings (SSSR count). The molecule has 0 aliphatic rings. The molecule has 0 saturated carbocycles. The van der Waals surface area contributed by atoms with Crippen LogP contribution in [0.1, 0.15) is 12.5 Å². The van der Waals surface area contributed by atoms with E-state index in [9.17, 15) is 4.79 Å². The van der Waals surface area contributed by atoms with Gasteiger partial charge in [-0.1, -0.05) is 6.07 Å². The number of aryl methyl sites for hydroxylation is 1. The third-order valence-electron chi connectivity index (χ3n) is 3.23. The van der Waals surface area contributed by atoms with E-state index < -0.39 is 6.10 Å². The van der Waals surface area contributed by atoms with Crippen LogP contribution in [0.4, 0.5) is 11.4 Å². The highest BCUT2D eigenvalue weighted by molar-refractivity contribution is 5.95. The number of methoxy groups -OCH3 is 1. The highest BCUT2D eigenvalue weighted by Crippen LogP contribution is 2.21. The minimum Gasteiger partial charge on any atom is -0.497 e. The molecule has 116 valence electrons. The van der Waals surface area contributed by atoms with Gasteiger partial charge in [0.25, 0.3) is 5.91 Å². The van der Waals surface area contributed by atoms with Crippen LogP contribution < -0.4 is 20.5 Å². The smallest absolute Gasteiger partial charge is 0.265 e. The average Bonchev–Trinajstić information content (AvgIpc) is 2.50. The number of hydrogen-bond acceptors (Lipinski definition) is 4. The lowest BCUT2D eigenvalue weighted by atomic mass is 10.1. The monoisotopic (exact) mass is 300 g/mol. The Morgan fingerprint density at radius 3 is 2.59 bits per heavy atom. The predicted molar refractivity (Wildman–Crippen MR) is 87.3 cm³/mol. The van der Waals surface area contributed by atoms with Crippen LogP contribution in [-0.4, -0.2) is 19.1 Å². The zero-order chi connectivity index (χ0) is 16.1. The summed E-state index contributed by atoms with van der Waals surface area (Å²) < 4.78 is 10.8. The molecular formula is C17H20N2O3. The Balaban J connectivity index is 2.02. The first-order valence-electron chi connectivity index (χ1n) is 6.97. The summed E-state index contributed by atoms with van der Waals surface area (Å²) in [6.07, 6.45) is -0.635. The van der Waals surface area contributed by atoms with Crippen LogP contribution >= 0.6 is 0 Å². The van der Waals surface area contributed by atoms with Gasteiger partial charge in [0.1, 0.15) is 11.5 Å². The molecule has 0 aliphatic carbocycles. The van der Waals surface area contributed by atoms with Crippen molar-refractivity contribution in [3.05, 3.63) is 48.0 Å². The summed E-state index contributed by atoms with van der Waals surface area (Å²) in [6, 6.07) is 12.5. The number of hydrogen-bond donors (Lipinski definition) is 2. The Hall–Kier alpha value is -2.69. The van der Waals surface area contributed by atoms with Crippen molar-refractivity contribution in [3.8, 4) is 11.5 Å². The van der Waals surface area contributed by atoms with E-state index in [0.29, 0.717) is 17.2 Å². The first-order valence-corrected chi connectivity index (χ1v) is 6.97. The van der Waals surface area contributed by atoms with Crippen LogP contribution in [-0.2, 0) is 4.79 Å². The number of carbonyl (C=O) groups is 1. The molecule has 2 aromatic rings. The molecule has 0 fully saturated rings. The van der Waals surface area contributed by atoms with Gasteiger partial charge in [0.05, 0.1) is 7.11 Å². The van der Waals surface area contributed by atoms with Gasteiger partial charge in [-0.2, -0.15) is 0 Å². The van der Waals surface area contributed by atoms with Gasteiger partial charge in [-0.3, -0.25) is 4.79 Å². The van der Waals surface area contributed by atoms with Crippen molar-refractivity contribution in [2.24, 2.45) is 0 Å². The van der Waals surface area contributed by atoms with Crippen molar-refractivity contribution in [2.75, 3.05) is 18.2 Å². The molecular weight excluding hydrogens is 280 g/mol. The Morgan fingerprint density at radius 1 is 1.18 bits per heavy atom. The molecule has 0 spiro atoms. The third-order valence-corrected chi connectivity index (χ3v) is 3.23. The molecule has 5 nitrogen and oxygen atoms in total. The largest absolute Gasteiger partial charge is 0.497 e. The second kappa shape index (κ2) is 6.85. The number of benzene rings is 2. The topological polar surface area (TPSA) is 73.6 Å². The van der Waals surface area contributed by atoms with Crippen molar-refractivity contribution in [1.82, 2.24) is 0 Å². The molecule has 0 heterocycles. The Kier molecular flexibility index (Phi) is 4.88. The zero-order valence-electron chi connectivity index (χ0n) is 12.9. The summed E-state index contributed by atoms with van der Waals surface area (Å²) in [5.74, 6) is 1.03. The maximum Gasteiger partial charge on any atom is 0.265 e.